The molecule has 29 nitrogen and oxygen atoms in total. The molecule has 0 bridgehead atoms. The number of aryl methyl sites for hydroxylation is 8. The van der Waals surface area contributed by atoms with Crippen LogP contribution in [0.15, 0.2) is 109 Å². The number of carbonyl (C=O) groups is 12. The van der Waals surface area contributed by atoms with E-state index in [2.05, 4.69) is 84.5 Å². The monoisotopic (exact) mass is 1620 g/mol. The lowest BCUT2D eigenvalue weighted by molar-refractivity contribution is -0.138. The standard InChI is InChI=1S/C45H48N6O8.C27H32N4O3.C18H18N2O6/c1-26-31(25-52)21-30(42(55)48-34-15-14-27-12-13-29(22-33(27)34)35-24-50-19-5-10-38(50)47-35)23-37(26)59-20-6-18-46-39(53)11-3-2-7-28-8-4-9-32-41(28)45(58)51(44(32)57)36-16-17-40(54)49-43(36)56;1-17-21(16-32)12-20(14-25(17)34-11-3-9-28)27(33)30-23-8-7-18-5-6-19(13-22(18)23)24-15-31-10-2-4-26(31)29-24;21-13-9-8-12(16(24)19-13)20-17(25)11-6-3-5-10(15(11)18(20)26)4-1-2-7-14(22)23/h4,8-9,12-13,21-24,34,36,52H,2-3,5-7,10-11,14-20,25H2,1H3,(H,46,53)(H,48,55)(H,49,54,56);5-6,12-15,23,32H,2-4,7-11,16,28H2,1H3,(H,30,33);3,5-6,12H,1-2,4,7-9H2,(H,22,23)(H,19,21,24)/t34-,36?;23-;/m11./s1. The third-order valence-corrected chi connectivity index (χ3v) is 23.6. The van der Waals surface area contributed by atoms with Gasteiger partial charge in [0.1, 0.15) is 35.2 Å². The summed E-state index contributed by atoms with van der Waals surface area (Å²) in [7, 11) is 0. The number of amides is 11. The number of aliphatic hydroxyl groups excluding tert-OH is 2. The van der Waals surface area contributed by atoms with Gasteiger partial charge in [-0.2, -0.15) is 0 Å². The maximum Gasteiger partial charge on any atom is 0.303 e. The van der Waals surface area contributed by atoms with Gasteiger partial charge in [0, 0.05) is 92.8 Å². The summed E-state index contributed by atoms with van der Waals surface area (Å²) in [6.07, 6.45) is 17.1. The second-order valence-corrected chi connectivity index (χ2v) is 31.4. The van der Waals surface area contributed by atoms with Crippen molar-refractivity contribution < 1.29 is 82.3 Å². The lowest BCUT2D eigenvalue weighted by atomic mass is 9.98. The third kappa shape index (κ3) is 18.4. The summed E-state index contributed by atoms with van der Waals surface area (Å²) < 4.78 is 16.4. The number of rotatable bonds is 29. The fourth-order valence-corrected chi connectivity index (χ4v) is 17.1. The van der Waals surface area contributed by atoms with E-state index in [-0.39, 0.29) is 110 Å². The number of aliphatic carboxylic acids is 1. The van der Waals surface area contributed by atoms with Crippen molar-refractivity contribution in [3.63, 3.8) is 0 Å². The van der Waals surface area contributed by atoms with Gasteiger partial charge in [0.2, 0.25) is 29.5 Å². The number of piperidine rings is 2. The third-order valence-electron chi connectivity index (χ3n) is 23.6. The highest BCUT2D eigenvalue weighted by Crippen LogP contribution is 2.40. The number of carboxylic acids is 1. The van der Waals surface area contributed by atoms with Gasteiger partial charge in [-0.3, -0.25) is 78.0 Å². The van der Waals surface area contributed by atoms with Crippen molar-refractivity contribution in [3.8, 4) is 34.0 Å². The predicted octanol–water partition coefficient (Wildman–Crippen LogP) is 8.74. The smallest absolute Gasteiger partial charge is 0.303 e. The van der Waals surface area contributed by atoms with Crippen molar-refractivity contribution >= 4 is 70.9 Å². The zero-order valence-corrected chi connectivity index (χ0v) is 66.7. The van der Waals surface area contributed by atoms with Crippen LogP contribution in [-0.2, 0) is 93.6 Å². The molecule has 2 aliphatic carbocycles. The lowest BCUT2D eigenvalue weighted by Gasteiger charge is -2.27. The molecule has 0 radical (unpaired) electrons. The zero-order valence-electron chi connectivity index (χ0n) is 66.7. The Morgan fingerprint density at radius 1 is 0.521 bits per heavy atom. The maximum atomic E-state index is 13.6. The highest BCUT2D eigenvalue weighted by molar-refractivity contribution is 6.25. The summed E-state index contributed by atoms with van der Waals surface area (Å²) >= 11 is 0. The van der Waals surface area contributed by atoms with E-state index in [1.165, 1.54) is 11.1 Å². The first-order chi connectivity index (χ1) is 57.6. The van der Waals surface area contributed by atoms with E-state index in [9.17, 15) is 67.7 Å². The number of aromatic nitrogens is 4. The second kappa shape index (κ2) is 37.1. The highest BCUT2D eigenvalue weighted by atomic mass is 16.5. The molecule has 4 atom stereocenters. The van der Waals surface area contributed by atoms with Gasteiger partial charge in [-0.25, -0.2) is 9.97 Å². The van der Waals surface area contributed by atoms with Crippen LogP contribution in [0.5, 0.6) is 11.5 Å². The first kappa shape index (κ1) is 83.2. The molecular weight excluding hydrogens is 1520 g/mol. The number of hydrogen-bond donors (Lipinski definition) is 9. The molecule has 11 amide bonds. The molecule has 0 spiro atoms. The van der Waals surface area contributed by atoms with Crippen LogP contribution < -0.4 is 41.8 Å². The topological polar surface area (TPSA) is 412 Å². The lowest BCUT2D eigenvalue weighted by Crippen LogP contribution is -2.54. The van der Waals surface area contributed by atoms with E-state index < -0.39 is 65.3 Å². The van der Waals surface area contributed by atoms with Crippen molar-refractivity contribution in [2.24, 2.45) is 5.73 Å². The number of carboxylic acid groups (broad SMARTS) is 1. The van der Waals surface area contributed by atoms with Crippen LogP contribution >= 0.6 is 0 Å². The molecule has 10 N–H and O–H groups in total. The van der Waals surface area contributed by atoms with Gasteiger partial charge in [-0.15, -0.1) is 0 Å². The molecule has 16 rings (SSSR count). The normalized spacial score (nSPS) is 17.9. The molecule has 6 aliphatic heterocycles. The van der Waals surface area contributed by atoms with Gasteiger partial charge in [-0.1, -0.05) is 48.5 Å². The van der Waals surface area contributed by atoms with E-state index in [4.69, 9.17) is 30.3 Å². The highest BCUT2D eigenvalue weighted by Gasteiger charge is 2.47. The Kier molecular flexibility index (Phi) is 25.9. The van der Waals surface area contributed by atoms with Crippen molar-refractivity contribution in [1.82, 2.24) is 55.5 Å². The van der Waals surface area contributed by atoms with Crippen LogP contribution in [0.1, 0.15) is 244 Å². The van der Waals surface area contributed by atoms with Crippen LogP contribution in [0.2, 0.25) is 0 Å². The number of imide groups is 4. The number of benzene rings is 6. The fraction of sp³-hybridized carbons (Fsp3) is 0.400. The van der Waals surface area contributed by atoms with Crippen molar-refractivity contribution in [2.75, 3.05) is 26.3 Å². The predicted molar refractivity (Wildman–Crippen MR) is 434 cm³/mol. The molecule has 6 aromatic carbocycles. The van der Waals surface area contributed by atoms with Gasteiger partial charge >= 0.3 is 5.97 Å². The summed E-state index contributed by atoms with van der Waals surface area (Å²) in [5, 5.41) is 42.3. The molecule has 0 saturated carbocycles. The van der Waals surface area contributed by atoms with Crippen LogP contribution in [-0.4, -0.2) is 154 Å². The molecule has 2 unspecified atom stereocenters. The Morgan fingerprint density at radius 3 is 1.42 bits per heavy atom. The number of nitrogens with zero attached hydrogens (tertiary/aromatic N) is 6. The molecule has 8 heterocycles. The van der Waals surface area contributed by atoms with Crippen LogP contribution in [0, 0.1) is 13.8 Å². The number of carbonyl (C=O) groups excluding carboxylic acids is 11. The van der Waals surface area contributed by atoms with Gasteiger partial charge in [0.05, 0.1) is 72.2 Å². The van der Waals surface area contributed by atoms with Crippen molar-refractivity contribution in [1.29, 1.82) is 0 Å². The van der Waals surface area contributed by atoms with E-state index >= 15 is 0 Å². The number of fused-ring (bicyclic) bond motifs is 6. The molecule has 2 saturated heterocycles. The van der Waals surface area contributed by atoms with Gasteiger partial charge in [-0.05, 0) is 227 Å². The van der Waals surface area contributed by atoms with Crippen molar-refractivity contribution in [2.45, 2.75) is 206 Å². The van der Waals surface area contributed by atoms with E-state index in [0.29, 0.717) is 110 Å². The Hall–Kier alpha value is -12.3. The van der Waals surface area contributed by atoms with Crippen molar-refractivity contribution in [3.05, 3.63) is 210 Å². The van der Waals surface area contributed by atoms with Crippen LogP contribution in [0.3, 0.4) is 0 Å². The van der Waals surface area contributed by atoms with Gasteiger partial charge in [0.15, 0.2) is 0 Å². The Morgan fingerprint density at radius 2 is 0.983 bits per heavy atom. The maximum absolute atomic E-state index is 13.6. The zero-order chi connectivity index (χ0) is 83.7. The first-order valence-electron chi connectivity index (χ1n) is 41.2. The van der Waals surface area contributed by atoms with E-state index in [0.717, 1.165) is 137 Å². The van der Waals surface area contributed by atoms with E-state index in [1.54, 1.807) is 60.7 Å². The number of hydrogen-bond acceptors (Lipinski definition) is 19. The Balaban J connectivity index is 0.000000163. The summed E-state index contributed by atoms with van der Waals surface area (Å²) in [4.78, 5) is 161. The van der Waals surface area contributed by atoms with Gasteiger partial charge in [0.25, 0.3) is 35.4 Å². The number of nitrogens with one attached hydrogen (secondary N) is 5. The molecule has 8 aliphatic rings. The minimum atomic E-state index is -1.02. The molecule has 29 heteroatoms. The molecule has 620 valence electrons. The molecule has 2 fully saturated rings. The fourth-order valence-electron chi connectivity index (χ4n) is 17.1. The average Bonchev–Trinajstić information content (AvgIpc) is 1.61. The minimum Gasteiger partial charge on any atom is -0.493 e. The molecule has 119 heavy (non-hydrogen) atoms. The van der Waals surface area contributed by atoms with E-state index in [1.807, 2.05) is 13.8 Å². The summed E-state index contributed by atoms with van der Waals surface area (Å²) in [5.41, 5.74) is 20.6. The number of nitrogens with two attached hydrogens (primary N) is 1. The quantitative estimate of drug-likeness (QED) is 0.0156. The SMILES string of the molecule is Cc1c(CO)cc(C(=O)N[C@@H]2CCc3ccc(-c4cn5c(n4)CCC5)cc32)cc1OCCCN.Cc1c(CO)cc(C(=O)N[C@@H]2CCc3ccc(-c4cn5c(n4)CCC5)cc32)cc1OCCCNC(=O)CCCCc1cccc2c1C(=O)N(C1CCC(=O)NC1=O)C2=O.O=C(O)CCCCc1cccc2c1C(=O)N(C1CCC(=O)NC1=O)C2=O. The molecule has 8 aromatic rings. The Bertz CT molecular complexity index is 5330. The summed E-state index contributed by atoms with van der Waals surface area (Å²) in [5.74, 6) is -2.28. The summed E-state index contributed by atoms with van der Waals surface area (Å²) in [6, 6.07) is 27.6. The largest absolute Gasteiger partial charge is 0.493 e. The number of aliphatic hydroxyl groups is 2. The second-order valence-electron chi connectivity index (χ2n) is 31.4. The van der Waals surface area contributed by atoms with Gasteiger partial charge < -0.3 is 55.6 Å². The molecule has 2 aromatic heterocycles. The number of ether oxygens (including phenoxy) is 2. The molecular formula is C90H98N12O17. The number of imidazole rings is 2. The van der Waals surface area contributed by atoms with Crippen LogP contribution in [0.25, 0.3) is 22.5 Å². The first-order valence-corrected chi connectivity index (χ1v) is 41.2. The summed E-state index contributed by atoms with van der Waals surface area (Å²) in [6.45, 7) is 7.06. The average molecular weight is 1620 g/mol. The minimum absolute atomic E-state index is 0.0459. The van der Waals surface area contributed by atoms with Crippen LogP contribution in [0.4, 0.5) is 0 Å². The number of unbranched alkanes of at least 4 members (excludes halogenated alkanes) is 2. The Labute approximate surface area is 687 Å².